The molecule has 1 unspecified atom stereocenters. The van der Waals surface area contributed by atoms with Crippen molar-refractivity contribution in [1.82, 2.24) is 14.5 Å². The van der Waals surface area contributed by atoms with E-state index in [1.807, 2.05) is 23.3 Å². The lowest BCUT2D eigenvalue weighted by molar-refractivity contribution is 0.593. The largest absolute Gasteiger partial charge is 0.335 e. The van der Waals surface area contributed by atoms with Crippen molar-refractivity contribution in [2.75, 3.05) is 0 Å². The third-order valence-electron chi connectivity index (χ3n) is 2.50. The van der Waals surface area contributed by atoms with Crippen LogP contribution in [0.5, 0.6) is 0 Å². The van der Waals surface area contributed by atoms with Gasteiger partial charge in [0.05, 0.1) is 17.2 Å². The number of thiazole rings is 1. The van der Waals surface area contributed by atoms with Crippen LogP contribution in [-0.4, -0.2) is 14.5 Å². The first-order valence-electron chi connectivity index (χ1n) is 5.45. The molecule has 4 nitrogen and oxygen atoms in total. The number of nitrogens with zero attached hydrogens (tertiary/aromatic N) is 3. The highest BCUT2D eigenvalue weighted by Gasteiger charge is 2.12. The number of hydrogen-bond donors (Lipinski definition) is 1. The molecule has 0 fully saturated rings. The molecule has 0 aliphatic carbocycles. The lowest BCUT2D eigenvalue weighted by atomic mass is 10.1. The fraction of sp³-hybridized carbons (Fsp3) is 0.455. The van der Waals surface area contributed by atoms with Crippen LogP contribution in [0.4, 0.5) is 0 Å². The molecule has 2 rings (SSSR count). The summed E-state index contributed by atoms with van der Waals surface area (Å²) in [6.07, 6.45) is 5.69. The molecule has 0 radical (unpaired) electrons. The second-order valence-electron chi connectivity index (χ2n) is 3.76. The Balaban J connectivity index is 2.06. The van der Waals surface area contributed by atoms with Gasteiger partial charge in [0.15, 0.2) is 0 Å². The summed E-state index contributed by atoms with van der Waals surface area (Å²) in [6.45, 7) is 3.16. The smallest absolute Gasteiger partial charge is 0.110 e. The third kappa shape index (κ3) is 2.48. The van der Waals surface area contributed by atoms with Crippen molar-refractivity contribution in [2.45, 2.75) is 32.4 Å². The first-order valence-corrected chi connectivity index (χ1v) is 6.39. The van der Waals surface area contributed by atoms with Gasteiger partial charge in [-0.3, -0.25) is 0 Å². The van der Waals surface area contributed by atoms with Gasteiger partial charge in [0, 0.05) is 30.7 Å². The molecular weight excluding hydrogens is 220 g/mol. The van der Waals surface area contributed by atoms with Crippen molar-refractivity contribution in [3.05, 3.63) is 34.8 Å². The molecule has 5 heteroatoms. The Morgan fingerprint density at radius 3 is 3.06 bits per heavy atom. The highest BCUT2D eigenvalue weighted by atomic mass is 32.1. The second-order valence-corrected chi connectivity index (χ2v) is 4.48. The number of imidazole rings is 1. The van der Waals surface area contributed by atoms with Crippen LogP contribution in [0.3, 0.4) is 0 Å². The molecule has 2 heterocycles. The summed E-state index contributed by atoms with van der Waals surface area (Å²) in [7, 11) is 0. The first-order chi connectivity index (χ1) is 7.81. The van der Waals surface area contributed by atoms with Gasteiger partial charge in [-0.25, -0.2) is 9.97 Å². The molecule has 0 aliphatic rings. The van der Waals surface area contributed by atoms with Gasteiger partial charge in [-0.2, -0.15) is 0 Å². The molecule has 0 amide bonds. The van der Waals surface area contributed by atoms with E-state index in [4.69, 9.17) is 5.73 Å². The zero-order valence-corrected chi connectivity index (χ0v) is 10.2. The van der Waals surface area contributed by atoms with Gasteiger partial charge in [-0.05, 0) is 6.42 Å². The zero-order chi connectivity index (χ0) is 11.4. The van der Waals surface area contributed by atoms with E-state index in [2.05, 4.69) is 21.5 Å². The van der Waals surface area contributed by atoms with E-state index in [0.717, 1.165) is 30.9 Å². The molecule has 1 atom stereocenters. The molecule has 0 aromatic carbocycles. The maximum Gasteiger partial charge on any atom is 0.110 e. The van der Waals surface area contributed by atoms with Crippen LogP contribution in [0.15, 0.2) is 23.3 Å². The number of hydrogen-bond acceptors (Lipinski definition) is 4. The topological polar surface area (TPSA) is 56.7 Å². The van der Waals surface area contributed by atoms with Gasteiger partial charge in [0.1, 0.15) is 5.82 Å². The average molecular weight is 236 g/mol. The molecule has 0 saturated carbocycles. The Labute approximate surface area is 99.2 Å². The molecule has 0 bridgehead atoms. The Kier molecular flexibility index (Phi) is 3.69. The minimum Gasteiger partial charge on any atom is -0.335 e. The van der Waals surface area contributed by atoms with E-state index in [9.17, 15) is 0 Å². The standard InChI is InChI=1S/C11H16N4S/c1-2-4-15-5-3-13-11(15)6-9(12)10-7-16-8-14-10/h3,5,7-9H,2,4,6,12H2,1H3. The minimum atomic E-state index is -0.0516. The molecule has 2 N–H and O–H groups in total. The van der Waals surface area contributed by atoms with Crippen molar-refractivity contribution in [3.63, 3.8) is 0 Å². The molecule has 86 valence electrons. The van der Waals surface area contributed by atoms with Gasteiger partial charge in [0.2, 0.25) is 0 Å². The number of nitrogens with two attached hydrogens (primary N) is 1. The molecule has 0 aliphatic heterocycles. The van der Waals surface area contributed by atoms with E-state index in [1.54, 1.807) is 11.3 Å². The zero-order valence-electron chi connectivity index (χ0n) is 9.34. The van der Waals surface area contributed by atoms with Crippen molar-refractivity contribution in [1.29, 1.82) is 0 Å². The number of aromatic nitrogens is 3. The maximum atomic E-state index is 6.09. The molecule has 2 aromatic rings. The van der Waals surface area contributed by atoms with Crippen LogP contribution in [0.25, 0.3) is 0 Å². The Morgan fingerprint density at radius 1 is 1.50 bits per heavy atom. The van der Waals surface area contributed by atoms with Crippen LogP contribution in [0, 0.1) is 0 Å². The van der Waals surface area contributed by atoms with Gasteiger partial charge < -0.3 is 10.3 Å². The molecule has 0 saturated heterocycles. The Hall–Kier alpha value is -1.20. The van der Waals surface area contributed by atoms with E-state index < -0.39 is 0 Å². The fourth-order valence-electron chi connectivity index (χ4n) is 1.68. The van der Waals surface area contributed by atoms with Gasteiger partial charge in [-0.1, -0.05) is 6.92 Å². The van der Waals surface area contributed by atoms with Gasteiger partial charge in [-0.15, -0.1) is 11.3 Å². The summed E-state index contributed by atoms with van der Waals surface area (Å²) >= 11 is 1.58. The Morgan fingerprint density at radius 2 is 2.38 bits per heavy atom. The monoisotopic (exact) mass is 236 g/mol. The number of rotatable bonds is 5. The van der Waals surface area contributed by atoms with Crippen molar-refractivity contribution in [2.24, 2.45) is 5.73 Å². The van der Waals surface area contributed by atoms with E-state index in [1.165, 1.54) is 0 Å². The SMILES string of the molecule is CCCn1ccnc1CC(N)c1cscn1. The van der Waals surface area contributed by atoms with Crippen molar-refractivity contribution >= 4 is 11.3 Å². The van der Waals surface area contributed by atoms with Crippen molar-refractivity contribution < 1.29 is 0 Å². The predicted octanol–water partition coefficient (Wildman–Crippen LogP) is 1.99. The van der Waals surface area contributed by atoms with Gasteiger partial charge >= 0.3 is 0 Å². The lowest BCUT2D eigenvalue weighted by Gasteiger charge is -2.10. The summed E-state index contributed by atoms with van der Waals surface area (Å²) in [6, 6.07) is -0.0516. The van der Waals surface area contributed by atoms with E-state index in [-0.39, 0.29) is 6.04 Å². The van der Waals surface area contributed by atoms with Crippen LogP contribution in [-0.2, 0) is 13.0 Å². The normalized spacial score (nSPS) is 12.9. The summed E-state index contributed by atoms with van der Waals surface area (Å²) < 4.78 is 2.16. The molecule has 2 aromatic heterocycles. The van der Waals surface area contributed by atoms with E-state index in [0.29, 0.717) is 0 Å². The maximum absolute atomic E-state index is 6.09. The van der Waals surface area contributed by atoms with Crippen molar-refractivity contribution in [3.8, 4) is 0 Å². The Bertz CT molecular complexity index is 421. The summed E-state index contributed by atoms with van der Waals surface area (Å²) in [5, 5.41) is 2.00. The van der Waals surface area contributed by atoms with Crippen LogP contribution < -0.4 is 5.73 Å². The summed E-state index contributed by atoms with van der Waals surface area (Å²) in [5.41, 5.74) is 8.85. The molecule has 0 spiro atoms. The van der Waals surface area contributed by atoms with Crippen LogP contribution >= 0.6 is 11.3 Å². The highest BCUT2D eigenvalue weighted by molar-refractivity contribution is 7.07. The third-order valence-corrected chi connectivity index (χ3v) is 3.10. The average Bonchev–Trinajstić information content (AvgIpc) is 2.90. The highest BCUT2D eigenvalue weighted by Crippen LogP contribution is 2.15. The fourth-order valence-corrected chi connectivity index (χ4v) is 2.30. The molecule has 16 heavy (non-hydrogen) atoms. The summed E-state index contributed by atoms with van der Waals surface area (Å²) in [4.78, 5) is 8.57. The second kappa shape index (κ2) is 5.23. The van der Waals surface area contributed by atoms with Crippen LogP contribution in [0.2, 0.25) is 0 Å². The number of aryl methyl sites for hydroxylation is 1. The van der Waals surface area contributed by atoms with E-state index >= 15 is 0 Å². The minimum absolute atomic E-state index is 0.0516. The quantitative estimate of drug-likeness (QED) is 0.863. The summed E-state index contributed by atoms with van der Waals surface area (Å²) in [5.74, 6) is 1.04. The van der Waals surface area contributed by atoms with Gasteiger partial charge in [0.25, 0.3) is 0 Å². The molecular formula is C11H16N4S. The lowest BCUT2D eigenvalue weighted by Crippen LogP contribution is -2.16. The predicted molar refractivity (Wildman–Crippen MR) is 65.3 cm³/mol. The van der Waals surface area contributed by atoms with Crippen LogP contribution in [0.1, 0.15) is 30.9 Å². The first kappa shape index (κ1) is 11.3.